The minimum Gasteiger partial charge on any atom is -0.481 e. The molecule has 3 saturated carbocycles. The second-order valence-electron chi connectivity index (χ2n) is 8.34. The number of aromatic amines is 1. The number of carboxylic acid groups (broad SMARTS) is 1. The van der Waals surface area contributed by atoms with Gasteiger partial charge in [-0.05, 0) is 49.5 Å². The molecule has 3 N–H and O–H groups in total. The summed E-state index contributed by atoms with van der Waals surface area (Å²) in [7, 11) is 1.51. The normalized spacial score (nSPS) is 24.7. The molecule has 3 aromatic heterocycles. The zero-order valence-corrected chi connectivity index (χ0v) is 16.8. The highest BCUT2D eigenvalue weighted by Gasteiger charge is 2.47. The summed E-state index contributed by atoms with van der Waals surface area (Å²) in [5.41, 5.74) is 1.03. The maximum atomic E-state index is 14.9. The standard InChI is InChI=1S/C22H21F2N5O2/c1-29-16(7-6-13-9-25-20-15(13)8-14(23)10-26-20)27-21(19(29)24)28-18-12-4-2-11(3-5-12)17(18)22(30)31/h8-12,17-18,28H,2-5H2,1H3,(H,25,26)(H,30,31)/t11-,12+,17-,18-/m0/s1. The Hall–Kier alpha value is -3.41. The summed E-state index contributed by atoms with van der Waals surface area (Å²) >= 11 is 0. The number of pyridine rings is 1. The van der Waals surface area contributed by atoms with E-state index in [2.05, 4.69) is 32.1 Å². The first-order valence-corrected chi connectivity index (χ1v) is 10.3. The minimum atomic E-state index is -0.844. The monoisotopic (exact) mass is 425 g/mol. The number of aromatic nitrogens is 4. The molecule has 3 heterocycles. The molecule has 0 unspecified atom stereocenters. The van der Waals surface area contributed by atoms with E-state index < -0.39 is 23.7 Å². The molecule has 2 atom stereocenters. The van der Waals surface area contributed by atoms with Crippen molar-refractivity contribution in [2.45, 2.75) is 31.7 Å². The van der Waals surface area contributed by atoms with Crippen LogP contribution < -0.4 is 5.32 Å². The number of halogens is 2. The average Bonchev–Trinajstić information content (AvgIpc) is 3.28. The van der Waals surface area contributed by atoms with Crippen LogP contribution >= 0.6 is 0 Å². The van der Waals surface area contributed by atoms with Gasteiger partial charge in [-0.15, -0.1) is 0 Å². The second-order valence-corrected chi connectivity index (χ2v) is 8.34. The maximum Gasteiger partial charge on any atom is 0.308 e. The average molecular weight is 425 g/mol. The van der Waals surface area contributed by atoms with Crippen LogP contribution in [0.5, 0.6) is 0 Å². The summed E-state index contributed by atoms with van der Waals surface area (Å²) in [5.74, 6) is 3.77. The summed E-state index contributed by atoms with van der Waals surface area (Å²) in [4.78, 5) is 23.0. The van der Waals surface area contributed by atoms with Gasteiger partial charge in [0.05, 0.1) is 17.7 Å². The molecular weight excluding hydrogens is 404 g/mol. The minimum absolute atomic E-state index is 0.0160. The number of nitrogens with one attached hydrogen (secondary N) is 2. The van der Waals surface area contributed by atoms with Crippen LogP contribution in [-0.2, 0) is 11.8 Å². The molecule has 0 radical (unpaired) electrons. The van der Waals surface area contributed by atoms with Crippen LogP contribution in [0.1, 0.15) is 37.1 Å². The van der Waals surface area contributed by atoms with E-state index in [1.54, 1.807) is 6.20 Å². The van der Waals surface area contributed by atoms with E-state index in [0.717, 1.165) is 31.9 Å². The smallest absolute Gasteiger partial charge is 0.308 e. The van der Waals surface area contributed by atoms with E-state index >= 15 is 0 Å². The SMILES string of the molecule is Cn1c(C#Cc2c[nH]c3ncc(F)cc23)nc(N[C@H]2[C@H]3CC[C@H](CC3)[C@@H]2C(=O)O)c1F. The van der Waals surface area contributed by atoms with Crippen LogP contribution in [0.4, 0.5) is 14.6 Å². The molecule has 3 aromatic rings. The lowest BCUT2D eigenvalue weighted by atomic mass is 9.61. The van der Waals surface area contributed by atoms with Crippen LogP contribution in [0.2, 0.25) is 0 Å². The lowest BCUT2D eigenvalue weighted by Gasteiger charge is -2.46. The quantitative estimate of drug-likeness (QED) is 0.560. The van der Waals surface area contributed by atoms with E-state index in [1.165, 1.54) is 17.7 Å². The number of fused-ring (bicyclic) bond motifs is 4. The molecule has 160 valence electrons. The summed E-state index contributed by atoms with van der Waals surface area (Å²) in [6.45, 7) is 0. The fourth-order valence-electron chi connectivity index (χ4n) is 5.06. The van der Waals surface area contributed by atoms with Crippen LogP contribution in [0.25, 0.3) is 11.0 Å². The number of imidazole rings is 1. The molecule has 3 fully saturated rings. The van der Waals surface area contributed by atoms with Gasteiger partial charge < -0.3 is 15.4 Å². The van der Waals surface area contributed by atoms with Crippen molar-refractivity contribution >= 4 is 22.8 Å². The Labute approximate surface area is 176 Å². The van der Waals surface area contributed by atoms with Crippen molar-refractivity contribution in [3.63, 3.8) is 0 Å². The van der Waals surface area contributed by atoms with Gasteiger partial charge in [-0.3, -0.25) is 9.36 Å². The van der Waals surface area contributed by atoms with E-state index in [0.29, 0.717) is 16.6 Å². The number of anilines is 1. The van der Waals surface area contributed by atoms with Crippen molar-refractivity contribution in [1.29, 1.82) is 0 Å². The third kappa shape index (κ3) is 3.32. The van der Waals surface area contributed by atoms with Crippen LogP contribution in [0.15, 0.2) is 18.5 Å². The highest BCUT2D eigenvalue weighted by Crippen LogP contribution is 2.46. The van der Waals surface area contributed by atoms with Gasteiger partial charge in [0.15, 0.2) is 11.6 Å². The molecular formula is C22H21F2N5O2. The summed E-state index contributed by atoms with van der Waals surface area (Å²) in [5, 5.41) is 13.3. The molecule has 9 heteroatoms. The lowest BCUT2D eigenvalue weighted by molar-refractivity contribution is -0.148. The number of hydrogen-bond acceptors (Lipinski definition) is 4. The number of carboxylic acids is 1. The van der Waals surface area contributed by atoms with Gasteiger partial charge in [-0.1, -0.05) is 5.92 Å². The molecule has 3 aliphatic rings. The van der Waals surface area contributed by atoms with E-state index in [4.69, 9.17) is 0 Å². The fourth-order valence-corrected chi connectivity index (χ4v) is 5.06. The Morgan fingerprint density at radius 2 is 2.00 bits per heavy atom. The Balaban J connectivity index is 1.44. The second kappa shape index (κ2) is 7.38. The first kappa shape index (κ1) is 19.5. The van der Waals surface area contributed by atoms with Crippen LogP contribution in [0.3, 0.4) is 0 Å². The largest absolute Gasteiger partial charge is 0.481 e. The Morgan fingerprint density at radius 1 is 1.26 bits per heavy atom. The predicted molar refractivity (Wildman–Crippen MR) is 109 cm³/mol. The number of aliphatic carboxylic acids is 1. The number of carbonyl (C=O) groups is 1. The Morgan fingerprint density at radius 3 is 2.74 bits per heavy atom. The molecule has 0 spiro atoms. The van der Waals surface area contributed by atoms with Gasteiger partial charge in [-0.25, -0.2) is 14.4 Å². The maximum absolute atomic E-state index is 14.9. The molecule has 0 amide bonds. The van der Waals surface area contributed by atoms with Crippen molar-refractivity contribution in [2.24, 2.45) is 24.8 Å². The number of hydrogen-bond donors (Lipinski definition) is 3. The number of nitrogens with zero attached hydrogens (tertiary/aromatic N) is 3. The third-order valence-electron chi connectivity index (χ3n) is 6.64. The predicted octanol–water partition coefficient (Wildman–Crippen LogP) is 3.28. The zero-order chi connectivity index (χ0) is 21.7. The first-order valence-electron chi connectivity index (χ1n) is 10.3. The fraction of sp³-hybridized carbons (Fsp3) is 0.409. The van der Waals surface area contributed by atoms with Crippen LogP contribution in [-0.4, -0.2) is 36.6 Å². The lowest BCUT2D eigenvalue weighted by Crippen LogP contribution is -2.51. The number of H-pyrrole nitrogens is 1. The summed E-state index contributed by atoms with van der Waals surface area (Å²) < 4.78 is 29.6. The zero-order valence-electron chi connectivity index (χ0n) is 16.8. The molecule has 6 rings (SSSR count). The Bertz CT molecular complexity index is 1230. The Kier molecular flexibility index (Phi) is 4.65. The molecule has 0 aromatic carbocycles. The van der Waals surface area contributed by atoms with Crippen molar-refractivity contribution < 1.29 is 18.7 Å². The van der Waals surface area contributed by atoms with Crippen molar-refractivity contribution in [3.8, 4) is 11.8 Å². The van der Waals surface area contributed by atoms with Gasteiger partial charge in [0, 0.05) is 24.7 Å². The van der Waals surface area contributed by atoms with Gasteiger partial charge >= 0.3 is 5.97 Å². The summed E-state index contributed by atoms with van der Waals surface area (Å²) in [6, 6.07) is 0.983. The molecule has 2 bridgehead atoms. The molecule has 3 aliphatic carbocycles. The molecule has 0 aliphatic heterocycles. The summed E-state index contributed by atoms with van der Waals surface area (Å²) in [6.07, 6.45) is 6.42. The van der Waals surface area contributed by atoms with E-state index in [9.17, 15) is 18.7 Å². The molecule has 7 nitrogen and oxygen atoms in total. The number of rotatable bonds is 3. The van der Waals surface area contributed by atoms with Crippen molar-refractivity contribution in [1.82, 2.24) is 19.5 Å². The van der Waals surface area contributed by atoms with E-state index in [-0.39, 0.29) is 29.5 Å². The topological polar surface area (TPSA) is 95.8 Å². The third-order valence-corrected chi connectivity index (χ3v) is 6.64. The van der Waals surface area contributed by atoms with E-state index in [1.807, 2.05) is 0 Å². The van der Waals surface area contributed by atoms with Crippen molar-refractivity contribution in [3.05, 3.63) is 41.6 Å². The van der Waals surface area contributed by atoms with Gasteiger partial charge in [0.1, 0.15) is 11.5 Å². The van der Waals surface area contributed by atoms with Gasteiger partial charge in [0.25, 0.3) is 0 Å². The van der Waals surface area contributed by atoms with Gasteiger partial charge in [-0.2, -0.15) is 4.39 Å². The first-order chi connectivity index (χ1) is 14.9. The van der Waals surface area contributed by atoms with Crippen LogP contribution in [0, 0.1) is 41.4 Å². The highest BCUT2D eigenvalue weighted by molar-refractivity contribution is 5.83. The van der Waals surface area contributed by atoms with Crippen molar-refractivity contribution in [2.75, 3.05) is 5.32 Å². The highest BCUT2D eigenvalue weighted by atomic mass is 19.1. The van der Waals surface area contributed by atoms with Gasteiger partial charge in [0.2, 0.25) is 5.95 Å². The molecule has 0 saturated heterocycles. The molecule has 31 heavy (non-hydrogen) atoms.